The number of thiophene rings is 1. The van der Waals surface area contributed by atoms with Crippen LogP contribution in [0.5, 0.6) is 5.75 Å². The minimum atomic E-state index is -1.32. The number of likely N-dealkylation sites (tertiary alicyclic amines) is 1. The lowest BCUT2D eigenvalue weighted by molar-refractivity contribution is -0.141. The van der Waals surface area contributed by atoms with Crippen molar-refractivity contribution in [1.82, 2.24) is 14.7 Å². The van der Waals surface area contributed by atoms with E-state index < -0.39 is 52.8 Å². The molecule has 0 radical (unpaired) electrons. The number of aliphatic carboxylic acids is 1. The van der Waals surface area contributed by atoms with E-state index in [0.29, 0.717) is 53.3 Å². The number of carboxylic acids is 1. The van der Waals surface area contributed by atoms with Crippen LogP contribution in [0.1, 0.15) is 68.1 Å². The van der Waals surface area contributed by atoms with Crippen LogP contribution in [-0.4, -0.2) is 61.0 Å². The van der Waals surface area contributed by atoms with Gasteiger partial charge in [0.25, 0.3) is 0 Å². The first-order valence-corrected chi connectivity index (χ1v) is 19.6. The Hall–Kier alpha value is -4.81. The molecule has 1 saturated carbocycles. The highest BCUT2D eigenvalue weighted by molar-refractivity contribution is 7.22. The average Bonchev–Trinajstić information content (AvgIpc) is 3.80. The number of amides is 4. The van der Waals surface area contributed by atoms with Crippen LogP contribution in [0, 0.1) is 42.9 Å². The summed E-state index contributed by atoms with van der Waals surface area (Å²) in [6, 6.07) is 12.9. The molecule has 2 aromatic carbocycles. The number of halogens is 1. The maximum atomic E-state index is 15.1. The van der Waals surface area contributed by atoms with Crippen LogP contribution >= 0.6 is 22.9 Å². The molecule has 2 aromatic heterocycles. The number of hydrogen-bond acceptors (Lipinski definition) is 8. The normalized spacial score (nSPS) is 26.4. The summed E-state index contributed by atoms with van der Waals surface area (Å²) in [4.78, 5) is 72.2. The minimum absolute atomic E-state index is 0.0276. The van der Waals surface area contributed by atoms with E-state index in [4.69, 9.17) is 21.8 Å². The summed E-state index contributed by atoms with van der Waals surface area (Å²) in [5.74, 6) is -5.27. The van der Waals surface area contributed by atoms with Crippen molar-refractivity contribution in [1.29, 1.82) is 0 Å². The van der Waals surface area contributed by atoms with Crippen molar-refractivity contribution in [2.45, 2.75) is 65.2 Å². The second kappa shape index (κ2) is 13.2. The van der Waals surface area contributed by atoms with E-state index in [0.717, 1.165) is 26.1 Å². The molecule has 2 aliphatic heterocycles. The van der Waals surface area contributed by atoms with Gasteiger partial charge in [0.2, 0.25) is 23.6 Å². The number of fused-ring (bicyclic) bond motifs is 5. The number of carbonyl (C=O) groups is 5. The number of phenolic OH excluding ortho intramolecular Hbond substituents is 1. The Kier molecular flexibility index (Phi) is 8.84. The topological polar surface area (TPSA) is 150 Å². The number of nitrogens with zero attached hydrogens (tertiary/aromatic N) is 4. The molecule has 11 nitrogen and oxygen atoms in total. The molecule has 6 atom stereocenters. The molecule has 8 rings (SSSR count). The Labute approximate surface area is 321 Å². The van der Waals surface area contributed by atoms with Gasteiger partial charge in [0.15, 0.2) is 0 Å². The van der Waals surface area contributed by atoms with Gasteiger partial charge < -0.3 is 10.2 Å². The lowest BCUT2D eigenvalue weighted by atomic mass is 9.51. The summed E-state index contributed by atoms with van der Waals surface area (Å²) < 4.78 is 2.59. The number of hydrogen-bond donors (Lipinski definition) is 2. The molecular weight excluding hydrogens is 728 g/mol. The molecule has 3 fully saturated rings. The number of carbonyl (C=O) groups excluding carboxylic acids is 4. The van der Waals surface area contributed by atoms with Gasteiger partial charge in [-0.1, -0.05) is 47.9 Å². The molecule has 4 aliphatic rings. The summed E-state index contributed by atoms with van der Waals surface area (Å²) in [5.41, 5.74) is 2.23. The van der Waals surface area contributed by atoms with Crippen LogP contribution in [0.3, 0.4) is 0 Å². The van der Waals surface area contributed by atoms with Crippen molar-refractivity contribution >= 4 is 68.4 Å². The van der Waals surface area contributed by atoms with Gasteiger partial charge in [-0.3, -0.25) is 33.6 Å². The Morgan fingerprint density at radius 2 is 1.80 bits per heavy atom. The SMILES string of the molecule is Cc1cccc(C2C3=CCC4C(=O)N(CCCCCC(=O)O)C(=O)C4C3CC3C(=O)N(c4cc(-c5sc6ccc(Cl)cc6c5C)nn4C)C(=O)C32C)c1O. The van der Waals surface area contributed by atoms with Crippen LogP contribution in [-0.2, 0) is 31.0 Å². The molecule has 2 aliphatic carbocycles. The predicted molar refractivity (Wildman–Crippen MR) is 204 cm³/mol. The van der Waals surface area contributed by atoms with Crippen molar-refractivity contribution in [2.75, 3.05) is 11.4 Å². The number of phenols is 1. The quantitative estimate of drug-likeness (QED) is 0.104. The maximum Gasteiger partial charge on any atom is 0.303 e. The van der Waals surface area contributed by atoms with Gasteiger partial charge in [-0.15, -0.1) is 11.3 Å². The fourth-order valence-electron chi connectivity index (χ4n) is 9.72. The monoisotopic (exact) mass is 768 g/mol. The minimum Gasteiger partial charge on any atom is -0.507 e. The lowest BCUT2D eigenvalue weighted by Crippen LogP contribution is -2.49. The number of aromatic hydroxyl groups is 1. The number of benzene rings is 2. The molecule has 0 bridgehead atoms. The fourth-order valence-corrected chi connectivity index (χ4v) is 11.0. The van der Waals surface area contributed by atoms with Gasteiger partial charge in [0.1, 0.15) is 17.3 Å². The smallest absolute Gasteiger partial charge is 0.303 e. The molecule has 4 heterocycles. The molecule has 4 amide bonds. The summed E-state index contributed by atoms with van der Waals surface area (Å²) in [5, 5.41) is 27.0. The van der Waals surface area contributed by atoms with Crippen LogP contribution in [0.25, 0.3) is 20.7 Å². The zero-order valence-corrected chi connectivity index (χ0v) is 32.0. The molecule has 2 saturated heterocycles. The van der Waals surface area contributed by atoms with E-state index in [2.05, 4.69) is 0 Å². The van der Waals surface area contributed by atoms with Crippen LogP contribution in [0.15, 0.2) is 54.1 Å². The Balaban J connectivity index is 1.18. The standard InChI is InChI=1S/C41H41ClN4O7S/c1-20-9-8-10-25(35(20)49)34-23-13-14-24-33(39(52)45(37(24)50)16-7-5-6-11-32(47)48)27(23)18-28-38(51)46(40(53)41(28,34)3)31-19-29(43-44(31)4)36-21(2)26-17-22(42)12-15-30(26)54-36/h8-10,12-13,15,17,19,24,27-28,33-34,49H,5-7,11,14,16,18H2,1-4H3,(H,47,48). The zero-order chi connectivity index (χ0) is 38.4. The van der Waals surface area contributed by atoms with Crippen molar-refractivity contribution in [3.8, 4) is 16.3 Å². The molecule has 13 heteroatoms. The molecule has 280 valence electrons. The Bertz CT molecular complexity index is 2330. The second-order valence-electron chi connectivity index (χ2n) is 15.4. The van der Waals surface area contributed by atoms with Gasteiger partial charge in [-0.05, 0) is 87.1 Å². The number of carboxylic acid groups (broad SMARTS) is 1. The first-order chi connectivity index (χ1) is 25.7. The van der Waals surface area contributed by atoms with E-state index in [1.807, 2.05) is 37.3 Å². The number of para-hydroxylation sites is 1. The Morgan fingerprint density at radius 3 is 2.56 bits per heavy atom. The van der Waals surface area contributed by atoms with E-state index >= 15 is 4.79 Å². The van der Waals surface area contributed by atoms with E-state index in [1.54, 1.807) is 55.1 Å². The number of anilines is 1. The number of rotatable bonds is 9. The predicted octanol–water partition coefficient (Wildman–Crippen LogP) is 7.15. The lowest BCUT2D eigenvalue weighted by Gasteiger charge is -2.49. The molecular formula is C41H41ClN4O7S. The van der Waals surface area contributed by atoms with Gasteiger partial charge in [0.05, 0.1) is 28.0 Å². The third-order valence-electron chi connectivity index (χ3n) is 12.4. The highest BCUT2D eigenvalue weighted by atomic mass is 35.5. The van der Waals surface area contributed by atoms with Crippen LogP contribution in [0.2, 0.25) is 5.02 Å². The van der Waals surface area contributed by atoms with Crippen LogP contribution < -0.4 is 4.90 Å². The summed E-state index contributed by atoms with van der Waals surface area (Å²) in [7, 11) is 1.71. The third-order valence-corrected chi connectivity index (χ3v) is 14.0. The van der Waals surface area contributed by atoms with E-state index in [9.17, 15) is 24.3 Å². The van der Waals surface area contributed by atoms with E-state index in [-0.39, 0.29) is 37.0 Å². The number of imide groups is 2. The average molecular weight is 769 g/mol. The summed E-state index contributed by atoms with van der Waals surface area (Å²) >= 11 is 7.86. The van der Waals surface area contributed by atoms with Gasteiger partial charge in [0, 0.05) is 47.3 Å². The number of unbranched alkanes of at least 4 members (excludes halogenated alkanes) is 2. The number of aryl methyl sites for hydroxylation is 3. The summed E-state index contributed by atoms with van der Waals surface area (Å²) in [6.45, 7) is 5.79. The number of allylic oxidation sites excluding steroid dienone is 2. The number of aromatic nitrogens is 2. The zero-order valence-electron chi connectivity index (χ0n) is 30.5. The van der Waals surface area contributed by atoms with Crippen molar-refractivity contribution in [3.05, 3.63) is 75.8 Å². The second-order valence-corrected chi connectivity index (χ2v) is 16.9. The molecule has 2 N–H and O–H groups in total. The maximum absolute atomic E-state index is 15.1. The first-order valence-electron chi connectivity index (χ1n) is 18.4. The molecule has 54 heavy (non-hydrogen) atoms. The van der Waals surface area contributed by atoms with Crippen molar-refractivity contribution in [3.63, 3.8) is 0 Å². The van der Waals surface area contributed by atoms with Crippen molar-refractivity contribution in [2.24, 2.45) is 36.1 Å². The summed E-state index contributed by atoms with van der Waals surface area (Å²) in [6.07, 6.45) is 4.02. The third kappa shape index (κ3) is 5.35. The molecule has 0 spiro atoms. The highest BCUT2D eigenvalue weighted by Crippen LogP contribution is 2.64. The van der Waals surface area contributed by atoms with Crippen LogP contribution in [0.4, 0.5) is 5.82 Å². The molecule has 4 aromatic rings. The van der Waals surface area contributed by atoms with Gasteiger partial charge >= 0.3 is 5.97 Å². The first kappa shape index (κ1) is 36.2. The molecule has 6 unspecified atom stereocenters. The highest BCUT2D eigenvalue weighted by Gasteiger charge is 2.68. The fraction of sp³-hybridized carbons (Fsp3) is 0.415. The van der Waals surface area contributed by atoms with Crippen molar-refractivity contribution < 1.29 is 34.2 Å². The van der Waals surface area contributed by atoms with E-state index in [1.165, 1.54) is 9.80 Å². The van der Waals surface area contributed by atoms with Gasteiger partial charge in [-0.2, -0.15) is 5.10 Å². The Morgan fingerprint density at radius 1 is 1.02 bits per heavy atom. The van der Waals surface area contributed by atoms with Gasteiger partial charge in [-0.25, -0.2) is 4.90 Å². The largest absolute Gasteiger partial charge is 0.507 e.